The van der Waals surface area contributed by atoms with Gasteiger partial charge in [0.1, 0.15) is 0 Å². The number of nitrogens with zero attached hydrogens (tertiary/aromatic N) is 1. The highest BCUT2D eigenvalue weighted by molar-refractivity contribution is 7.91. The Morgan fingerprint density at radius 1 is 0.846 bits per heavy atom. The van der Waals surface area contributed by atoms with Gasteiger partial charge >= 0.3 is 5.97 Å². The second-order valence-corrected chi connectivity index (χ2v) is 8.66. The number of carboxylic acid groups (broad SMARTS) is 2. The van der Waals surface area contributed by atoms with Gasteiger partial charge in [-0.2, -0.15) is 0 Å². The molecule has 2 aromatic carbocycles. The highest BCUT2D eigenvalue weighted by Gasteiger charge is 2.26. The molecule has 0 amide bonds. The lowest BCUT2D eigenvalue weighted by atomic mass is 10.2. The van der Waals surface area contributed by atoms with Gasteiger partial charge in [0.15, 0.2) is 0 Å². The van der Waals surface area contributed by atoms with E-state index in [4.69, 9.17) is 5.11 Å². The minimum Gasteiger partial charge on any atom is -0.545 e. The van der Waals surface area contributed by atoms with Crippen LogP contribution in [0.1, 0.15) is 20.7 Å². The molecule has 0 unspecified atom stereocenters. The SMILES string of the molecule is C[N+](C)(C)C.O=C([O-])c1ccccc1S(=O)(=O)c1ccccc1C(=O)O. The average Bonchev–Trinajstić information content (AvgIpc) is 2.53. The predicted octanol–water partition coefficient (Wildman–Crippen LogP) is 0.904. The molecule has 0 spiro atoms. The van der Waals surface area contributed by atoms with Gasteiger partial charge in [-0.05, 0) is 18.2 Å². The summed E-state index contributed by atoms with van der Waals surface area (Å²) in [5.74, 6) is -3.07. The molecule has 0 fully saturated rings. The van der Waals surface area contributed by atoms with Crippen molar-refractivity contribution >= 4 is 21.8 Å². The number of aromatic carboxylic acids is 2. The van der Waals surface area contributed by atoms with Gasteiger partial charge in [-0.1, -0.05) is 30.3 Å². The number of sulfone groups is 1. The van der Waals surface area contributed by atoms with Crippen LogP contribution in [0.15, 0.2) is 58.3 Å². The minimum atomic E-state index is -4.29. The summed E-state index contributed by atoms with van der Waals surface area (Å²) in [6, 6.07) is 9.89. The number of carboxylic acids is 2. The lowest BCUT2D eigenvalue weighted by Gasteiger charge is -2.14. The molecule has 26 heavy (non-hydrogen) atoms. The number of hydrogen-bond acceptors (Lipinski definition) is 5. The van der Waals surface area contributed by atoms with Gasteiger partial charge in [-0.25, -0.2) is 13.2 Å². The minimum absolute atomic E-state index is 0.425. The van der Waals surface area contributed by atoms with E-state index in [-0.39, 0.29) is 0 Å². The van der Waals surface area contributed by atoms with E-state index < -0.39 is 42.7 Å². The molecule has 0 heterocycles. The van der Waals surface area contributed by atoms with Crippen LogP contribution in [-0.2, 0) is 9.84 Å². The van der Waals surface area contributed by atoms with E-state index in [0.29, 0.717) is 0 Å². The fourth-order valence-corrected chi connectivity index (χ4v) is 3.50. The Morgan fingerprint density at radius 2 is 1.19 bits per heavy atom. The van der Waals surface area contributed by atoms with Gasteiger partial charge < -0.3 is 19.5 Å². The Kier molecular flexibility index (Phi) is 6.66. The summed E-state index contributed by atoms with van der Waals surface area (Å²) in [4.78, 5) is 21.2. The number of benzene rings is 2. The molecule has 7 nitrogen and oxygen atoms in total. The van der Waals surface area contributed by atoms with Crippen LogP contribution in [-0.4, -0.2) is 58.1 Å². The zero-order chi connectivity index (χ0) is 20.1. The molecule has 0 aliphatic carbocycles. The third kappa shape index (κ3) is 5.68. The van der Waals surface area contributed by atoms with Crippen molar-refractivity contribution in [2.45, 2.75) is 9.79 Å². The topological polar surface area (TPSA) is 112 Å². The Morgan fingerprint density at radius 3 is 1.58 bits per heavy atom. The monoisotopic (exact) mass is 379 g/mol. The molecule has 2 aromatic rings. The second kappa shape index (κ2) is 8.11. The zero-order valence-electron chi connectivity index (χ0n) is 15.0. The fourth-order valence-electron chi connectivity index (χ4n) is 1.87. The van der Waals surface area contributed by atoms with E-state index in [1.807, 2.05) is 0 Å². The quantitative estimate of drug-likeness (QED) is 0.790. The zero-order valence-corrected chi connectivity index (χ0v) is 15.8. The van der Waals surface area contributed by atoms with Gasteiger partial charge in [0.25, 0.3) is 0 Å². The van der Waals surface area contributed by atoms with Crippen molar-refractivity contribution in [2.75, 3.05) is 28.2 Å². The lowest BCUT2D eigenvalue weighted by molar-refractivity contribution is -0.849. The van der Waals surface area contributed by atoms with Crippen LogP contribution in [0.4, 0.5) is 0 Å². The lowest BCUT2D eigenvalue weighted by Crippen LogP contribution is -2.27. The molecule has 2 rings (SSSR count). The first kappa shape index (κ1) is 21.3. The maximum atomic E-state index is 12.5. The molecule has 0 radical (unpaired) electrons. The van der Waals surface area contributed by atoms with Crippen LogP contribution >= 0.6 is 0 Å². The van der Waals surface area contributed by atoms with Crippen molar-refractivity contribution in [1.29, 1.82) is 0 Å². The number of carbonyl (C=O) groups is 2. The van der Waals surface area contributed by atoms with Gasteiger partial charge in [-0.15, -0.1) is 0 Å². The van der Waals surface area contributed by atoms with E-state index >= 15 is 0 Å². The molecule has 0 aliphatic rings. The highest BCUT2D eigenvalue weighted by Crippen LogP contribution is 2.26. The Bertz CT molecular complexity index is 844. The van der Waals surface area contributed by atoms with Gasteiger partial charge in [0.2, 0.25) is 9.84 Å². The average molecular weight is 379 g/mol. The third-order valence-corrected chi connectivity index (χ3v) is 4.67. The molecule has 1 N–H and O–H groups in total. The van der Waals surface area contributed by atoms with Crippen LogP contribution in [0.25, 0.3) is 0 Å². The first-order valence-corrected chi connectivity index (χ1v) is 9.00. The summed E-state index contributed by atoms with van der Waals surface area (Å²) >= 11 is 0. The van der Waals surface area contributed by atoms with E-state index in [0.717, 1.165) is 28.7 Å². The Hall–Kier alpha value is -2.71. The van der Waals surface area contributed by atoms with Gasteiger partial charge in [0.05, 0.1) is 49.5 Å². The van der Waals surface area contributed by atoms with Crippen LogP contribution < -0.4 is 5.11 Å². The molecule has 0 saturated heterocycles. The number of rotatable bonds is 4. The predicted molar refractivity (Wildman–Crippen MR) is 93.6 cm³/mol. The molecule has 0 saturated carbocycles. The Balaban J connectivity index is 0.000000597. The van der Waals surface area contributed by atoms with Crippen LogP contribution in [0.2, 0.25) is 0 Å². The summed E-state index contributed by atoms with van der Waals surface area (Å²) in [7, 11) is 4.21. The van der Waals surface area contributed by atoms with E-state index in [2.05, 4.69) is 28.2 Å². The molecule has 0 aromatic heterocycles. The molecular weight excluding hydrogens is 358 g/mol. The number of quaternary nitrogens is 1. The first-order valence-electron chi connectivity index (χ1n) is 7.52. The summed E-state index contributed by atoms with van der Waals surface area (Å²) in [5, 5.41) is 20.1. The maximum Gasteiger partial charge on any atom is 0.337 e. The van der Waals surface area contributed by atoms with Crippen molar-refractivity contribution in [3.8, 4) is 0 Å². The smallest absolute Gasteiger partial charge is 0.337 e. The van der Waals surface area contributed by atoms with Crippen molar-refractivity contribution in [1.82, 2.24) is 0 Å². The normalized spacial score (nSPS) is 11.2. The standard InChI is InChI=1S/C14H10O6S.C4H12N/c15-13(16)9-5-1-3-7-11(9)21(19,20)12-8-4-2-6-10(12)14(17)18;1-5(2,3)4/h1-8H,(H,15,16)(H,17,18);1-4H3/q;+1/p-1. The molecule has 8 heteroatoms. The van der Waals surface area contributed by atoms with Crippen molar-refractivity contribution < 1.29 is 32.7 Å². The largest absolute Gasteiger partial charge is 0.545 e. The van der Waals surface area contributed by atoms with Crippen molar-refractivity contribution in [3.63, 3.8) is 0 Å². The van der Waals surface area contributed by atoms with E-state index in [1.165, 1.54) is 24.3 Å². The highest BCUT2D eigenvalue weighted by atomic mass is 32.2. The summed E-state index contributed by atoms with van der Waals surface area (Å²) in [6.45, 7) is 0. The van der Waals surface area contributed by atoms with Gasteiger partial charge in [-0.3, -0.25) is 0 Å². The van der Waals surface area contributed by atoms with E-state index in [1.54, 1.807) is 0 Å². The fraction of sp³-hybridized carbons (Fsp3) is 0.222. The van der Waals surface area contributed by atoms with Crippen LogP contribution in [0, 0.1) is 0 Å². The van der Waals surface area contributed by atoms with E-state index in [9.17, 15) is 23.1 Å². The third-order valence-electron chi connectivity index (χ3n) is 2.80. The second-order valence-electron chi connectivity index (χ2n) is 6.77. The van der Waals surface area contributed by atoms with Crippen molar-refractivity contribution in [2.24, 2.45) is 0 Å². The first-order chi connectivity index (χ1) is 11.9. The molecule has 0 bridgehead atoms. The van der Waals surface area contributed by atoms with Crippen LogP contribution in [0.3, 0.4) is 0 Å². The van der Waals surface area contributed by atoms with Gasteiger partial charge in [0, 0.05) is 5.56 Å². The maximum absolute atomic E-state index is 12.5. The van der Waals surface area contributed by atoms with Crippen molar-refractivity contribution in [3.05, 3.63) is 59.7 Å². The summed E-state index contributed by atoms with van der Waals surface area (Å²) in [6.07, 6.45) is 0. The summed E-state index contributed by atoms with van der Waals surface area (Å²) < 4.78 is 26.1. The Labute approximate surface area is 152 Å². The molecular formula is C18H21NO6S. The molecule has 140 valence electrons. The van der Waals surface area contributed by atoms with Crippen LogP contribution in [0.5, 0.6) is 0 Å². The number of hydrogen-bond donors (Lipinski definition) is 1. The summed E-state index contributed by atoms with van der Waals surface area (Å²) in [5.41, 5.74) is -0.941. The molecule has 0 atom stereocenters. The molecule has 0 aliphatic heterocycles. The number of carbonyl (C=O) groups excluding carboxylic acids is 1.